The van der Waals surface area contributed by atoms with Crippen LogP contribution in [0.4, 0.5) is 13.2 Å². The van der Waals surface area contributed by atoms with Gasteiger partial charge >= 0.3 is 6.18 Å². The molecule has 0 bridgehead atoms. The Kier molecular flexibility index (Phi) is 3.26. The van der Waals surface area contributed by atoms with Crippen LogP contribution in [0.5, 0.6) is 0 Å². The van der Waals surface area contributed by atoms with Crippen molar-refractivity contribution in [2.24, 2.45) is 5.92 Å². The molecule has 2 rings (SSSR count). The van der Waals surface area contributed by atoms with Crippen molar-refractivity contribution in [2.45, 2.75) is 32.4 Å². The van der Waals surface area contributed by atoms with Crippen molar-refractivity contribution >= 4 is 22.6 Å². The van der Waals surface area contributed by atoms with Crippen LogP contribution in [-0.2, 0) is 12.8 Å². The van der Waals surface area contributed by atoms with Crippen molar-refractivity contribution in [1.82, 2.24) is 4.98 Å². The van der Waals surface area contributed by atoms with Crippen molar-refractivity contribution in [3.05, 3.63) is 30.7 Å². The van der Waals surface area contributed by atoms with Gasteiger partial charge < -0.3 is 4.98 Å². The highest BCUT2D eigenvalue weighted by molar-refractivity contribution is 14.1. The maximum atomic E-state index is 12.6. The van der Waals surface area contributed by atoms with Gasteiger partial charge in [0.15, 0.2) is 5.43 Å². The van der Waals surface area contributed by atoms with Gasteiger partial charge in [-0.15, -0.1) is 0 Å². The molecule has 1 unspecified atom stereocenters. The van der Waals surface area contributed by atoms with Gasteiger partial charge in [0.1, 0.15) is 0 Å². The van der Waals surface area contributed by atoms with E-state index in [-0.39, 0.29) is 24.7 Å². The third kappa shape index (κ3) is 2.36. The number of rotatable bonds is 0. The van der Waals surface area contributed by atoms with E-state index in [1.807, 2.05) is 22.6 Å². The average Bonchev–Trinajstić information content (AvgIpc) is 2.24. The van der Waals surface area contributed by atoms with Crippen LogP contribution in [-0.4, -0.2) is 11.2 Å². The Morgan fingerprint density at radius 3 is 2.65 bits per heavy atom. The largest absolute Gasteiger partial charge is 0.392 e. The van der Waals surface area contributed by atoms with Gasteiger partial charge in [0, 0.05) is 17.0 Å². The number of hydrogen-bond acceptors (Lipinski definition) is 1. The first kappa shape index (κ1) is 12.9. The summed E-state index contributed by atoms with van der Waals surface area (Å²) in [7, 11) is 0. The molecule has 0 saturated heterocycles. The van der Waals surface area contributed by atoms with Crippen LogP contribution in [0.15, 0.2) is 4.79 Å². The molecule has 0 fully saturated rings. The van der Waals surface area contributed by atoms with Gasteiger partial charge in [-0.25, -0.2) is 0 Å². The van der Waals surface area contributed by atoms with E-state index in [0.717, 1.165) is 0 Å². The van der Waals surface area contributed by atoms with Gasteiger partial charge in [0.2, 0.25) is 0 Å². The van der Waals surface area contributed by atoms with Crippen LogP contribution in [0.3, 0.4) is 0 Å². The van der Waals surface area contributed by atoms with Crippen molar-refractivity contribution in [2.75, 3.05) is 0 Å². The van der Waals surface area contributed by atoms with Crippen LogP contribution < -0.4 is 5.43 Å². The van der Waals surface area contributed by atoms with E-state index < -0.39 is 12.1 Å². The lowest BCUT2D eigenvalue weighted by Crippen LogP contribution is -2.33. The predicted molar refractivity (Wildman–Crippen MR) is 66.1 cm³/mol. The highest BCUT2D eigenvalue weighted by Gasteiger charge is 2.41. The Morgan fingerprint density at radius 2 is 2.06 bits per heavy atom. The van der Waals surface area contributed by atoms with Crippen molar-refractivity contribution in [3.8, 4) is 0 Å². The van der Waals surface area contributed by atoms with Crippen LogP contribution in [0.25, 0.3) is 0 Å². The topological polar surface area (TPSA) is 32.9 Å². The third-order valence-corrected chi connectivity index (χ3v) is 4.46. The molecule has 1 aliphatic carbocycles. The van der Waals surface area contributed by atoms with E-state index in [9.17, 15) is 18.0 Å². The third-order valence-electron chi connectivity index (χ3n) is 3.16. The van der Waals surface area contributed by atoms with E-state index in [0.29, 0.717) is 20.5 Å². The molecule has 2 nitrogen and oxygen atoms in total. The van der Waals surface area contributed by atoms with Gasteiger partial charge in [-0.05, 0) is 48.8 Å². The first-order valence-electron chi connectivity index (χ1n) is 5.27. The Labute approximate surface area is 110 Å². The number of aromatic amines is 1. The van der Waals surface area contributed by atoms with Gasteiger partial charge in [0.25, 0.3) is 0 Å². The second-order valence-corrected chi connectivity index (χ2v) is 5.41. The zero-order valence-electron chi connectivity index (χ0n) is 9.12. The monoisotopic (exact) mass is 357 g/mol. The standard InChI is InChI=1S/C11H11F3INO/c1-5-9(15)10(17)7-3-2-6(11(12,13)14)4-8(7)16-5/h6H,2-4H2,1H3,(H,16,17). The van der Waals surface area contributed by atoms with E-state index in [2.05, 4.69) is 4.98 Å². The summed E-state index contributed by atoms with van der Waals surface area (Å²) in [5.74, 6) is -1.33. The van der Waals surface area contributed by atoms with Gasteiger partial charge in [-0.2, -0.15) is 13.2 Å². The Morgan fingerprint density at radius 1 is 1.41 bits per heavy atom. The fourth-order valence-electron chi connectivity index (χ4n) is 2.18. The van der Waals surface area contributed by atoms with Crippen molar-refractivity contribution in [3.63, 3.8) is 0 Å². The second kappa shape index (κ2) is 4.29. The lowest BCUT2D eigenvalue weighted by molar-refractivity contribution is -0.177. The van der Waals surface area contributed by atoms with Gasteiger partial charge in [-0.1, -0.05) is 0 Å². The average molecular weight is 357 g/mol. The molecule has 0 saturated carbocycles. The summed E-state index contributed by atoms with van der Waals surface area (Å²) in [5.41, 5.74) is 1.52. The maximum absolute atomic E-state index is 12.6. The Bertz CT molecular complexity index is 507. The van der Waals surface area contributed by atoms with Crippen molar-refractivity contribution < 1.29 is 13.2 Å². The number of nitrogens with one attached hydrogen (secondary N) is 1. The maximum Gasteiger partial charge on any atom is 0.392 e. The number of fused-ring (bicyclic) bond motifs is 1. The number of hydrogen-bond donors (Lipinski definition) is 1. The van der Waals surface area contributed by atoms with E-state index in [4.69, 9.17) is 0 Å². The zero-order chi connectivity index (χ0) is 12.8. The molecule has 1 aromatic rings. The molecule has 17 heavy (non-hydrogen) atoms. The molecule has 0 aromatic carbocycles. The van der Waals surface area contributed by atoms with E-state index >= 15 is 0 Å². The van der Waals surface area contributed by atoms with Gasteiger partial charge in [-0.3, -0.25) is 4.79 Å². The highest BCUT2D eigenvalue weighted by atomic mass is 127. The number of aromatic nitrogens is 1. The first-order chi connectivity index (χ1) is 7.80. The summed E-state index contributed by atoms with van der Waals surface area (Å²) in [6.45, 7) is 1.71. The summed E-state index contributed by atoms with van der Waals surface area (Å²) in [5, 5.41) is 0. The van der Waals surface area contributed by atoms with Gasteiger partial charge in [0.05, 0.1) is 9.49 Å². The summed E-state index contributed by atoms with van der Waals surface area (Å²) in [6.07, 6.45) is -4.05. The zero-order valence-corrected chi connectivity index (χ0v) is 11.3. The van der Waals surface area contributed by atoms with E-state index in [1.54, 1.807) is 6.92 Å². The highest BCUT2D eigenvalue weighted by Crippen LogP contribution is 2.35. The molecule has 0 aliphatic heterocycles. The SMILES string of the molecule is Cc1[nH]c2c(c(=O)c1I)CCC(C(F)(F)F)C2. The summed E-state index contributed by atoms with van der Waals surface area (Å²) < 4.78 is 38.4. The summed E-state index contributed by atoms with van der Waals surface area (Å²) in [4.78, 5) is 14.8. The molecule has 6 heteroatoms. The number of alkyl halides is 3. The summed E-state index contributed by atoms with van der Waals surface area (Å²) >= 11 is 1.93. The minimum atomic E-state index is -4.18. The quantitative estimate of drug-likeness (QED) is 0.712. The Hall–Kier alpha value is -0.530. The first-order valence-corrected chi connectivity index (χ1v) is 6.35. The van der Waals surface area contributed by atoms with Crippen LogP contribution in [0.2, 0.25) is 0 Å². The lowest BCUT2D eigenvalue weighted by atomic mass is 9.86. The number of pyridine rings is 1. The van der Waals surface area contributed by atoms with Crippen LogP contribution in [0.1, 0.15) is 23.4 Å². The normalized spacial score (nSPS) is 20.2. The molecule has 1 aromatic heterocycles. The molecule has 1 aliphatic rings. The molecule has 94 valence electrons. The minimum Gasteiger partial charge on any atom is -0.361 e. The number of halogens is 4. The number of aryl methyl sites for hydroxylation is 1. The predicted octanol–water partition coefficient (Wildman–Crippen LogP) is 2.96. The number of H-pyrrole nitrogens is 1. The molecular weight excluding hydrogens is 346 g/mol. The molecule has 0 radical (unpaired) electrons. The molecular formula is C11H11F3INO. The fraction of sp³-hybridized carbons (Fsp3) is 0.545. The minimum absolute atomic E-state index is 0.0126. The molecule has 1 atom stereocenters. The van der Waals surface area contributed by atoms with E-state index in [1.165, 1.54) is 0 Å². The Balaban J connectivity index is 2.44. The van der Waals surface area contributed by atoms with Crippen LogP contribution >= 0.6 is 22.6 Å². The van der Waals surface area contributed by atoms with Crippen LogP contribution in [0, 0.1) is 16.4 Å². The van der Waals surface area contributed by atoms with Crippen molar-refractivity contribution in [1.29, 1.82) is 0 Å². The second-order valence-electron chi connectivity index (χ2n) is 4.33. The smallest absolute Gasteiger partial charge is 0.361 e. The fourth-order valence-corrected chi connectivity index (χ4v) is 2.64. The molecule has 0 spiro atoms. The lowest BCUT2D eigenvalue weighted by Gasteiger charge is -2.26. The molecule has 1 heterocycles. The molecule has 1 N–H and O–H groups in total. The molecule has 0 amide bonds. The summed E-state index contributed by atoms with van der Waals surface area (Å²) in [6, 6.07) is 0.